The molecule has 1 aliphatic rings. The Labute approximate surface area is 154 Å². The Bertz CT molecular complexity index is 812. The van der Waals surface area contributed by atoms with Gasteiger partial charge in [-0.3, -0.25) is 14.0 Å². The molecule has 2 aromatic rings. The van der Waals surface area contributed by atoms with Crippen LogP contribution < -0.4 is 0 Å². The molecule has 0 aromatic carbocycles. The third kappa shape index (κ3) is 3.45. The first kappa shape index (κ1) is 18.4. The number of hydrogen-bond acceptors (Lipinski definition) is 4. The first-order chi connectivity index (χ1) is 12.6. The van der Waals surface area contributed by atoms with Gasteiger partial charge in [-0.05, 0) is 44.7 Å². The molecule has 0 spiro atoms. The van der Waals surface area contributed by atoms with Crippen LogP contribution in [0.3, 0.4) is 0 Å². The molecule has 0 aliphatic carbocycles. The average molecular weight is 357 g/mol. The summed E-state index contributed by atoms with van der Waals surface area (Å²) in [4.78, 5) is 31.9. The highest BCUT2D eigenvalue weighted by molar-refractivity contribution is 5.95. The predicted octanol–water partition coefficient (Wildman–Crippen LogP) is 3.01. The largest absolute Gasteiger partial charge is 0.466 e. The highest BCUT2D eigenvalue weighted by Gasteiger charge is 2.32. The number of rotatable bonds is 5. The minimum atomic E-state index is -0.233. The lowest BCUT2D eigenvalue weighted by atomic mass is 9.97. The first-order valence-electron chi connectivity index (χ1n) is 9.49. The van der Waals surface area contributed by atoms with E-state index < -0.39 is 0 Å². The van der Waals surface area contributed by atoms with Crippen LogP contribution in [0.5, 0.6) is 0 Å². The SMILES string of the molecule is CCCc1nc2c(C)cccn2c1C(=O)N1CCCC(C(=O)OCC)C1. The van der Waals surface area contributed by atoms with Crippen LogP contribution in [0.15, 0.2) is 18.3 Å². The van der Waals surface area contributed by atoms with E-state index in [0.717, 1.165) is 42.6 Å². The fraction of sp³-hybridized carbons (Fsp3) is 0.550. The molecule has 140 valence electrons. The summed E-state index contributed by atoms with van der Waals surface area (Å²) in [5, 5.41) is 0. The van der Waals surface area contributed by atoms with Crippen LogP contribution >= 0.6 is 0 Å². The molecule has 6 heteroatoms. The van der Waals surface area contributed by atoms with E-state index in [1.54, 1.807) is 11.8 Å². The number of esters is 1. The van der Waals surface area contributed by atoms with Crippen molar-refractivity contribution in [3.63, 3.8) is 0 Å². The van der Waals surface area contributed by atoms with Crippen molar-refractivity contribution in [3.05, 3.63) is 35.3 Å². The lowest BCUT2D eigenvalue weighted by Crippen LogP contribution is -2.43. The summed E-state index contributed by atoms with van der Waals surface area (Å²) in [5.74, 6) is -0.475. The van der Waals surface area contributed by atoms with Crippen LogP contribution in [0.1, 0.15) is 54.9 Å². The summed E-state index contributed by atoms with van der Waals surface area (Å²) in [6.45, 7) is 7.35. The van der Waals surface area contributed by atoms with Crippen LogP contribution in [0.25, 0.3) is 5.65 Å². The third-order valence-electron chi connectivity index (χ3n) is 4.94. The molecule has 0 saturated carbocycles. The second-order valence-electron chi connectivity index (χ2n) is 6.88. The topological polar surface area (TPSA) is 63.9 Å². The molecule has 1 amide bonds. The molecule has 1 unspecified atom stereocenters. The van der Waals surface area contributed by atoms with E-state index >= 15 is 0 Å². The van der Waals surface area contributed by atoms with Gasteiger partial charge < -0.3 is 9.64 Å². The van der Waals surface area contributed by atoms with E-state index in [4.69, 9.17) is 9.72 Å². The van der Waals surface area contributed by atoms with E-state index in [1.807, 2.05) is 29.7 Å². The molecule has 26 heavy (non-hydrogen) atoms. The first-order valence-corrected chi connectivity index (χ1v) is 9.49. The normalized spacial score (nSPS) is 17.5. The predicted molar refractivity (Wildman–Crippen MR) is 99.2 cm³/mol. The van der Waals surface area contributed by atoms with Gasteiger partial charge in [0.05, 0.1) is 18.2 Å². The fourth-order valence-corrected chi connectivity index (χ4v) is 3.65. The quantitative estimate of drug-likeness (QED) is 0.772. The molecule has 1 atom stereocenters. The van der Waals surface area contributed by atoms with Crippen LogP contribution in [0, 0.1) is 12.8 Å². The van der Waals surface area contributed by atoms with Crippen molar-refractivity contribution >= 4 is 17.5 Å². The van der Waals surface area contributed by atoms with Crippen LogP contribution in [0.2, 0.25) is 0 Å². The minimum Gasteiger partial charge on any atom is -0.466 e. The number of aromatic nitrogens is 2. The molecule has 0 radical (unpaired) electrons. The maximum atomic E-state index is 13.3. The van der Waals surface area contributed by atoms with Crippen molar-refractivity contribution in [2.24, 2.45) is 5.92 Å². The van der Waals surface area contributed by atoms with Crippen LogP contribution in [0.4, 0.5) is 0 Å². The van der Waals surface area contributed by atoms with Crippen molar-refractivity contribution in [2.75, 3.05) is 19.7 Å². The number of fused-ring (bicyclic) bond motifs is 1. The molecule has 1 fully saturated rings. The summed E-state index contributed by atoms with van der Waals surface area (Å²) in [5.41, 5.74) is 3.35. The highest BCUT2D eigenvalue weighted by Crippen LogP contribution is 2.23. The number of ether oxygens (including phenoxy) is 1. The van der Waals surface area contributed by atoms with Gasteiger partial charge in [-0.15, -0.1) is 0 Å². The van der Waals surface area contributed by atoms with Gasteiger partial charge in [-0.2, -0.15) is 0 Å². The van der Waals surface area contributed by atoms with E-state index in [2.05, 4.69) is 6.92 Å². The van der Waals surface area contributed by atoms with Crippen LogP contribution in [-0.2, 0) is 16.0 Å². The molecule has 3 heterocycles. The zero-order valence-corrected chi connectivity index (χ0v) is 15.8. The van der Waals surface area contributed by atoms with Gasteiger partial charge in [-0.25, -0.2) is 4.98 Å². The summed E-state index contributed by atoms with van der Waals surface area (Å²) >= 11 is 0. The number of amides is 1. The van der Waals surface area contributed by atoms with Crippen molar-refractivity contribution in [1.29, 1.82) is 0 Å². The molecular formula is C20H27N3O3. The Morgan fingerprint density at radius 1 is 1.35 bits per heavy atom. The number of piperidine rings is 1. The minimum absolute atomic E-state index is 0.0412. The third-order valence-corrected chi connectivity index (χ3v) is 4.94. The van der Waals surface area contributed by atoms with Crippen molar-refractivity contribution in [1.82, 2.24) is 14.3 Å². The Hall–Kier alpha value is -2.37. The average Bonchev–Trinajstić information content (AvgIpc) is 3.01. The van der Waals surface area contributed by atoms with Gasteiger partial charge in [0, 0.05) is 19.3 Å². The van der Waals surface area contributed by atoms with Crippen molar-refractivity contribution in [3.8, 4) is 0 Å². The van der Waals surface area contributed by atoms with Gasteiger partial charge in [-0.1, -0.05) is 19.4 Å². The molecule has 3 rings (SSSR count). The summed E-state index contributed by atoms with van der Waals surface area (Å²) < 4.78 is 7.05. The number of hydrogen-bond donors (Lipinski definition) is 0. The maximum Gasteiger partial charge on any atom is 0.310 e. The fourth-order valence-electron chi connectivity index (χ4n) is 3.65. The Kier molecular flexibility index (Phi) is 5.59. The number of likely N-dealkylation sites (tertiary alicyclic amines) is 1. The number of pyridine rings is 1. The second-order valence-corrected chi connectivity index (χ2v) is 6.88. The lowest BCUT2D eigenvalue weighted by molar-refractivity contribution is -0.149. The molecule has 2 aromatic heterocycles. The number of carbonyl (C=O) groups is 2. The molecular weight excluding hydrogens is 330 g/mol. The van der Waals surface area contributed by atoms with Gasteiger partial charge >= 0.3 is 5.97 Å². The van der Waals surface area contributed by atoms with E-state index in [9.17, 15) is 9.59 Å². The summed E-state index contributed by atoms with van der Waals surface area (Å²) in [6.07, 6.45) is 5.17. The van der Waals surface area contributed by atoms with Crippen molar-refractivity contribution in [2.45, 2.75) is 46.5 Å². The summed E-state index contributed by atoms with van der Waals surface area (Å²) in [6, 6.07) is 3.94. The number of imidazole rings is 1. The van der Waals surface area contributed by atoms with E-state index in [1.165, 1.54) is 0 Å². The summed E-state index contributed by atoms with van der Waals surface area (Å²) in [7, 11) is 0. The van der Waals surface area contributed by atoms with E-state index in [0.29, 0.717) is 25.4 Å². The Morgan fingerprint density at radius 2 is 2.15 bits per heavy atom. The van der Waals surface area contributed by atoms with Gasteiger partial charge in [0.2, 0.25) is 0 Å². The smallest absolute Gasteiger partial charge is 0.310 e. The molecule has 1 aliphatic heterocycles. The van der Waals surface area contributed by atoms with Crippen LogP contribution in [-0.4, -0.2) is 45.9 Å². The number of nitrogens with zero attached hydrogens (tertiary/aromatic N) is 3. The Morgan fingerprint density at radius 3 is 2.88 bits per heavy atom. The van der Waals surface area contributed by atoms with Gasteiger partial charge in [0.15, 0.2) is 0 Å². The van der Waals surface area contributed by atoms with Gasteiger partial charge in [0.25, 0.3) is 5.91 Å². The highest BCUT2D eigenvalue weighted by atomic mass is 16.5. The molecule has 0 N–H and O–H groups in total. The zero-order valence-electron chi connectivity index (χ0n) is 15.8. The Balaban J connectivity index is 1.92. The lowest BCUT2D eigenvalue weighted by Gasteiger charge is -2.31. The molecule has 1 saturated heterocycles. The molecule has 6 nitrogen and oxygen atoms in total. The second kappa shape index (κ2) is 7.89. The van der Waals surface area contributed by atoms with Gasteiger partial charge in [0.1, 0.15) is 11.3 Å². The number of carbonyl (C=O) groups excluding carboxylic acids is 2. The number of aryl methyl sites for hydroxylation is 2. The standard InChI is InChI=1S/C20H27N3O3/c1-4-8-16-17(23-12-6-9-14(3)18(23)21-16)19(24)22-11-7-10-15(13-22)20(25)26-5-2/h6,9,12,15H,4-5,7-8,10-11,13H2,1-3H3. The maximum absolute atomic E-state index is 13.3. The molecule has 0 bridgehead atoms. The zero-order chi connectivity index (χ0) is 18.7. The van der Waals surface area contributed by atoms with E-state index in [-0.39, 0.29) is 17.8 Å². The van der Waals surface area contributed by atoms with Crippen molar-refractivity contribution < 1.29 is 14.3 Å². The monoisotopic (exact) mass is 357 g/mol.